The van der Waals surface area contributed by atoms with E-state index in [-0.39, 0.29) is 23.4 Å². The number of anilines is 1. The fourth-order valence-electron chi connectivity index (χ4n) is 6.93. The van der Waals surface area contributed by atoms with Crippen LogP contribution in [0.25, 0.3) is 33.3 Å². The van der Waals surface area contributed by atoms with Crippen molar-refractivity contribution in [3.8, 4) is 22.4 Å². The van der Waals surface area contributed by atoms with Crippen LogP contribution in [0.5, 0.6) is 0 Å². The van der Waals surface area contributed by atoms with E-state index in [1.165, 1.54) is 6.08 Å². The molecule has 41 heavy (non-hydrogen) atoms. The van der Waals surface area contributed by atoms with Crippen LogP contribution in [0.1, 0.15) is 30.1 Å². The zero-order chi connectivity index (χ0) is 28.6. The normalized spacial score (nSPS) is 18.3. The Labute approximate surface area is 243 Å². The molecule has 1 saturated carbocycles. The molecule has 2 aliphatic heterocycles. The van der Waals surface area contributed by atoms with Gasteiger partial charge in [0.1, 0.15) is 5.69 Å². The lowest BCUT2D eigenvalue weighted by Gasteiger charge is -2.58. The first-order valence-electron chi connectivity index (χ1n) is 14.0. The van der Waals surface area contributed by atoms with Gasteiger partial charge in [0, 0.05) is 72.1 Å². The molecule has 3 amide bonds. The second-order valence-corrected chi connectivity index (χ2v) is 12.2. The van der Waals surface area contributed by atoms with E-state index >= 15 is 0 Å². The molecule has 1 spiro atoms. The highest BCUT2D eigenvalue weighted by Gasteiger charge is 2.54. The van der Waals surface area contributed by atoms with E-state index in [4.69, 9.17) is 16.7 Å². The first kappa shape index (κ1) is 25.8. The van der Waals surface area contributed by atoms with Gasteiger partial charge in [0.2, 0.25) is 5.91 Å². The molecule has 10 heteroatoms. The van der Waals surface area contributed by atoms with E-state index in [0.717, 1.165) is 76.2 Å². The van der Waals surface area contributed by atoms with Crippen molar-refractivity contribution in [2.75, 3.05) is 38.1 Å². The zero-order valence-corrected chi connectivity index (χ0v) is 24.2. The summed E-state index contributed by atoms with van der Waals surface area (Å²) in [4.78, 5) is 30.0. The molecule has 2 saturated heterocycles. The van der Waals surface area contributed by atoms with Crippen molar-refractivity contribution >= 4 is 40.1 Å². The van der Waals surface area contributed by atoms with Crippen LogP contribution < -0.4 is 4.90 Å². The molecule has 9 nitrogen and oxygen atoms in total. The molecule has 3 aliphatic rings. The first-order chi connectivity index (χ1) is 19.7. The monoisotopic (exact) mass is 569 g/mol. The third-order valence-corrected chi connectivity index (χ3v) is 9.64. The molecule has 0 bridgehead atoms. The molecule has 0 atom stereocenters. The Morgan fingerprint density at radius 3 is 2.54 bits per heavy atom. The number of H-pyrrole nitrogens is 1. The van der Waals surface area contributed by atoms with Crippen LogP contribution in [0, 0.1) is 19.3 Å². The summed E-state index contributed by atoms with van der Waals surface area (Å²) in [5.74, 6) is 0.00265. The van der Waals surface area contributed by atoms with Gasteiger partial charge in [-0.05, 0) is 56.5 Å². The Hall–Kier alpha value is -4.11. The Balaban J connectivity index is 1.30. The summed E-state index contributed by atoms with van der Waals surface area (Å²) in [6.45, 7) is 10.7. The van der Waals surface area contributed by atoms with Crippen LogP contribution in [0.15, 0.2) is 49.2 Å². The van der Waals surface area contributed by atoms with Crippen LogP contribution in [0.3, 0.4) is 0 Å². The summed E-state index contributed by atoms with van der Waals surface area (Å²) in [7, 11) is 1.82. The fourth-order valence-corrected chi connectivity index (χ4v) is 7.18. The van der Waals surface area contributed by atoms with Crippen molar-refractivity contribution in [1.29, 1.82) is 0 Å². The second kappa shape index (κ2) is 9.21. The topological polar surface area (TPSA) is 90.4 Å². The number of likely N-dealkylation sites (N-methyl/N-ethyl adjacent to an activating group) is 1. The largest absolute Gasteiger partial charge is 0.338 e. The molecule has 4 aromatic rings. The highest BCUT2D eigenvalue weighted by molar-refractivity contribution is 6.36. The lowest BCUT2D eigenvalue weighted by atomic mass is 9.60. The number of aromatic amines is 1. The van der Waals surface area contributed by atoms with Crippen LogP contribution in [0.2, 0.25) is 5.02 Å². The van der Waals surface area contributed by atoms with E-state index in [1.54, 1.807) is 9.80 Å². The van der Waals surface area contributed by atoms with Gasteiger partial charge in [-0.3, -0.25) is 19.5 Å². The first-order valence-corrected chi connectivity index (χ1v) is 14.3. The Kier molecular flexibility index (Phi) is 5.80. The molecule has 1 N–H and O–H groups in total. The van der Waals surface area contributed by atoms with Gasteiger partial charge in [0.25, 0.3) is 0 Å². The summed E-state index contributed by atoms with van der Waals surface area (Å²) in [5.41, 5.74) is 7.71. The number of nitrogens with zero attached hydrogens (tertiary/aromatic N) is 6. The number of carbonyl (C=O) groups is 2. The number of rotatable bonds is 5. The average molecular weight is 570 g/mol. The SMILES string of the molecule is C=CC(=O)N1CC2(CC(n3nc(-c4ccc(N5CCN(C)C5=O)cc4)c(-c4c(Cl)c(C)cc5[nH]ncc45)c3C)C2)C1. The standard InChI is InChI=1S/C31H32ClN7O2/c1-5-25(40)37-16-31(17-37)13-22(14-31)39-19(3)26(27-23-15-33-34-24(23)12-18(2)28(27)32)29(35-39)20-6-8-21(9-7-20)38-11-10-36(4)30(38)41/h5-9,12,15,22H,1,10-11,13-14,16-17H2,2-4H3,(H,33,34). The van der Waals surface area contributed by atoms with E-state index in [9.17, 15) is 9.59 Å². The van der Waals surface area contributed by atoms with Gasteiger partial charge < -0.3 is 9.80 Å². The zero-order valence-electron chi connectivity index (χ0n) is 23.4. The van der Waals surface area contributed by atoms with Crippen molar-refractivity contribution < 1.29 is 9.59 Å². The smallest absolute Gasteiger partial charge is 0.324 e. The van der Waals surface area contributed by atoms with Gasteiger partial charge in [0.05, 0.1) is 22.8 Å². The molecule has 0 unspecified atom stereocenters. The van der Waals surface area contributed by atoms with Gasteiger partial charge in [-0.25, -0.2) is 4.79 Å². The summed E-state index contributed by atoms with van der Waals surface area (Å²) in [6.07, 6.45) is 5.17. The Bertz CT molecular complexity index is 1720. The van der Waals surface area contributed by atoms with Crippen molar-refractivity contribution in [3.05, 3.63) is 65.5 Å². The second-order valence-electron chi connectivity index (χ2n) is 11.8. The lowest BCUT2D eigenvalue weighted by molar-refractivity contribution is -0.149. The molecule has 1 aliphatic carbocycles. The molecule has 4 heterocycles. The third kappa shape index (κ3) is 3.89. The summed E-state index contributed by atoms with van der Waals surface area (Å²) < 4.78 is 2.16. The van der Waals surface area contributed by atoms with Crippen LogP contribution in [-0.4, -0.2) is 74.9 Å². The molecule has 210 valence electrons. The predicted octanol–water partition coefficient (Wildman–Crippen LogP) is 5.58. The highest BCUT2D eigenvalue weighted by atomic mass is 35.5. The maximum absolute atomic E-state index is 12.6. The van der Waals surface area contributed by atoms with Crippen LogP contribution in [0.4, 0.5) is 10.5 Å². The molecule has 3 fully saturated rings. The third-order valence-electron chi connectivity index (χ3n) is 9.16. The number of nitrogens with one attached hydrogen (secondary N) is 1. The van der Waals surface area contributed by atoms with Crippen molar-refractivity contribution in [2.45, 2.75) is 32.7 Å². The number of hydrogen-bond acceptors (Lipinski definition) is 4. The number of halogens is 1. The molecule has 2 aromatic heterocycles. The number of likely N-dealkylation sites (tertiary alicyclic amines) is 1. The fraction of sp³-hybridized carbons (Fsp3) is 0.355. The maximum Gasteiger partial charge on any atom is 0.324 e. The van der Waals surface area contributed by atoms with Gasteiger partial charge in [-0.15, -0.1) is 0 Å². The molecular weight excluding hydrogens is 538 g/mol. The van der Waals surface area contributed by atoms with E-state index in [0.29, 0.717) is 18.1 Å². The number of carbonyl (C=O) groups excluding carboxylic acids is 2. The summed E-state index contributed by atoms with van der Waals surface area (Å²) in [5, 5.41) is 14.3. The molecule has 0 radical (unpaired) electrons. The number of benzene rings is 2. The summed E-state index contributed by atoms with van der Waals surface area (Å²) in [6, 6.07) is 10.3. The predicted molar refractivity (Wildman–Crippen MR) is 160 cm³/mol. The van der Waals surface area contributed by atoms with E-state index in [1.807, 2.05) is 55.4 Å². The van der Waals surface area contributed by atoms with Crippen LogP contribution in [-0.2, 0) is 4.79 Å². The van der Waals surface area contributed by atoms with E-state index < -0.39 is 0 Å². The minimum atomic E-state index is 0.00265. The number of amides is 3. The molecule has 7 rings (SSSR count). The van der Waals surface area contributed by atoms with Crippen LogP contribution >= 0.6 is 11.6 Å². The minimum Gasteiger partial charge on any atom is -0.338 e. The quantitative estimate of drug-likeness (QED) is 0.317. The highest BCUT2D eigenvalue weighted by Crippen LogP contribution is 2.55. The number of hydrogen-bond donors (Lipinski definition) is 1. The Morgan fingerprint density at radius 2 is 1.88 bits per heavy atom. The van der Waals surface area contributed by atoms with Gasteiger partial charge in [-0.2, -0.15) is 10.2 Å². The number of urea groups is 1. The number of aromatic nitrogens is 4. The van der Waals surface area contributed by atoms with Crippen molar-refractivity contribution in [3.63, 3.8) is 0 Å². The average Bonchev–Trinajstić information content (AvgIpc) is 3.61. The number of aryl methyl sites for hydroxylation is 1. The maximum atomic E-state index is 12.6. The number of fused-ring (bicyclic) bond motifs is 1. The minimum absolute atomic E-state index is 0.00265. The van der Waals surface area contributed by atoms with Crippen molar-refractivity contribution in [2.24, 2.45) is 5.41 Å². The molecular formula is C31H32ClN7O2. The van der Waals surface area contributed by atoms with E-state index in [2.05, 4.69) is 28.4 Å². The summed E-state index contributed by atoms with van der Waals surface area (Å²) >= 11 is 7.04. The lowest BCUT2D eigenvalue weighted by Crippen LogP contribution is -2.63. The van der Waals surface area contributed by atoms with Gasteiger partial charge in [-0.1, -0.05) is 30.3 Å². The molecule has 2 aromatic carbocycles. The van der Waals surface area contributed by atoms with Gasteiger partial charge >= 0.3 is 6.03 Å². The Morgan fingerprint density at radius 1 is 1.15 bits per heavy atom. The van der Waals surface area contributed by atoms with Gasteiger partial charge in [0.15, 0.2) is 0 Å². The van der Waals surface area contributed by atoms with Crippen molar-refractivity contribution in [1.82, 2.24) is 29.8 Å².